The van der Waals surface area contributed by atoms with Crippen molar-refractivity contribution in [2.75, 3.05) is 16.9 Å². The van der Waals surface area contributed by atoms with Crippen LogP contribution in [0.1, 0.15) is 27.8 Å². The summed E-state index contributed by atoms with van der Waals surface area (Å²) in [6.07, 6.45) is 8.20. The Labute approximate surface area is 365 Å². The summed E-state index contributed by atoms with van der Waals surface area (Å²) in [5.41, 5.74) is 15.7. The van der Waals surface area contributed by atoms with E-state index in [1.54, 1.807) is 7.11 Å². The number of nitrogens with zero attached hydrogens (tertiary/aromatic N) is 2. The van der Waals surface area contributed by atoms with Crippen molar-refractivity contribution in [3.63, 3.8) is 0 Å². The van der Waals surface area contributed by atoms with E-state index >= 15 is 0 Å². The van der Waals surface area contributed by atoms with Crippen LogP contribution in [0.25, 0.3) is 34.4 Å². The van der Waals surface area contributed by atoms with Gasteiger partial charge in [0, 0.05) is 34.1 Å². The Morgan fingerprint density at radius 1 is 0.435 bits per heavy atom. The number of rotatable bonds is 15. The molecule has 302 valence electrons. The van der Waals surface area contributed by atoms with E-state index in [-0.39, 0.29) is 6.61 Å². The third-order valence-corrected chi connectivity index (χ3v) is 10.8. The van der Waals surface area contributed by atoms with Crippen LogP contribution in [0.4, 0.5) is 34.1 Å². The molecule has 8 rings (SSSR count). The molecular weight excluding hydrogens is 757 g/mol. The molecule has 8 aromatic carbocycles. The summed E-state index contributed by atoms with van der Waals surface area (Å²) >= 11 is 0. The van der Waals surface area contributed by atoms with Gasteiger partial charge in [0.25, 0.3) is 0 Å². The van der Waals surface area contributed by atoms with Crippen LogP contribution in [0.2, 0.25) is 0 Å². The van der Waals surface area contributed by atoms with Crippen molar-refractivity contribution in [3.05, 3.63) is 259 Å². The summed E-state index contributed by atoms with van der Waals surface area (Å²) in [7, 11) is 1.68. The van der Waals surface area contributed by atoms with Crippen LogP contribution < -0.4 is 14.5 Å². The normalized spacial score (nSPS) is 11.1. The third-order valence-electron chi connectivity index (χ3n) is 10.8. The Morgan fingerprint density at radius 2 is 0.774 bits per heavy atom. The molecule has 0 aromatic heterocycles. The van der Waals surface area contributed by atoms with E-state index in [4.69, 9.17) is 4.74 Å². The highest BCUT2D eigenvalue weighted by Crippen LogP contribution is 2.38. The molecule has 0 aliphatic carbocycles. The molecule has 0 radical (unpaired) electrons. The van der Waals surface area contributed by atoms with Crippen LogP contribution in [0, 0.1) is 0 Å². The zero-order chi connectivity index (χ0) is 42.7. The van der Waals surface area contributed by atoms with Crippen molar-refractivity contribution in [2.24, 2.45) is 0 Å². The van der Waals surface area contributed by atoms with E-state index in [1.807, 2.05) is 78.9 Å². The first-order chi connectivity index (χ1) is 30.4. The standard InChI is InChI=1S/C58H48N2O2/c1-43(14-16-45-18-20-47(42-61)21-19-45)48-24-32-54(33-25-48)59(52-10-6-4-7-11-52)56-36-28-50(29-37-56)51-30-38-57(39-31-51)60(53-12-8-5-9-13-53)55-34-26-49(27-35-55)44(2)15-17-46-22-40-58(62-3)41-23-46/h4-41,61H,1-2,42H2,3H3/b16-14+,17-15+. The average Bonchev–Trinajstić information content (AvgIpc) is 3.34. The van der Waals surface area contributed by atoms with E-state index in [2.05, 4.69) is 175 Å². The third kappa shape index (κ3) is 9.75. The molecule has 0 bridgehead atoms. The van der Waals surface area contributed by atoms with Gasteiger partial charge in [0.15, 0.2) is 0 Å². The molecule has 0 amide bonds. The quantitative estimate of drug-likeness (QED) is 0.105. The molecule has 0 heterocycles. The molecule has 8 aromatic rings. The monoisotopic (exact) mass is 804 g/mol. The predicted octanol–water partition coefficient (Wildman–Crippen LogP) is 15.2. The Balaban J connectivity index is 0.998. The molecule has 1 N–H and O–H groups in total. The van der Waals surface area contributed by atoms with Crippen LogP contribution in [0.3, 0.4) is 0 Å². The van der Waals surface area contributed by atoms with Crippen LogP contribution in [0.15, 0.2) is 232 Å². The number of aliphatic hydroxyl groups is 1. The molecule has 4 heteroatoms. The number of ether oxygens (including phenoxy) is 1. The number of aliphatic hydroxyl groups excluding tert-OH is 1. The van der Waals surface area contributed by atoms with Crippen molar-refractivity contribution in [1.29, 1.82) is 0 Å². The summed E-state index contributed by atoms with van der Waals surface area (Å²) in [5, 5.41) is 9.36. The SMILES string of the molecule is C=C(/C=C/c1ccc(CO)cc1)c1ccc(N(c2ccccc2)c2ccc(-c3ccc(N(c4ccccc4)c4ccc(C(=C)/C=C/c5ccc(OC)cc5)cc4)cc3)cc2)cc1. The fourth-order valence-electron chi connectivity index (χ4n) is 7.34. The lowest BCUT2D eigenvalue weighted by Gasteiger charge is -2.26. The molecule has 0 atom stereocenters. The largest absolute Gasteiger partial charge is 0.497 e. The van der Waals surface area contributed by atoms with Crippen LogP contribution in [0.5, 0.6) is 5.75 Å². The second kappa shape index (κ2) is 19.4. The van der Waals surface area contributed by atoms with E-state index in [0.29, 0.717) is 0 Å². The maximum Gasteiger partial charge on any atom is 0.118 e. The average molecular weight is 805 g/mol. The first-order valence-corrected chi connectivity index (χ1v) is 20.7. The van der Waals surface area contributed by atoms with Gasteiger partial charge in [-0.15, -0.1) is 0 Å². The van der Waals surface area contributed by atoms with Gasteiger partial charge < -0.3 is 19.6 Å². The Morgan fingerprint density at radius 3 is 1.13 bits per heavy atom. The van der Waals surface area contributed by atoms with Gasteiger partial charge in [0.2, 0.25) is 0 Å². The highest BCUT2D eigenvalue weighted by Gasteiger charge is 2.15. The van der Waals surface area contributed by atoms with E-state index in [1.165, 1.54) is 0 Å². The van der Waals surface area contributed by atoms with Gasteiger partial charge >= 0.3 is 0 Å². The molecule has 62 heavy (non-hydrogen) atoms. The maximum absolute atomic E-state index is 9.36. The van der Waals surface area contributed by atoms with E-state index < -0.39 is 0 Å². The zero-order valence-electron chi connectivity index (χ0n) is 34.8. The summed E-state index contributed by atoms with van der Waals surface area (Å²) in [6, 6.07) is 71.4. The predicted molar refractivity (Wildman–Crippen MR) is 263 cm³/mol. The number of para-hydroxylation sites is 2. The number of hydrogen-bond donors (Lipinski definition) is 1. The van der Waals surface area contributed by atoms with Crippen LogP contribution in [-0.2, 0) is 6.61 Å². The minimum absolute atomic E-state index is 0.0393. The lowest BCUT2D eigenvalue weighted by atomic mass is 10.0. The summed E-state index contributed by atoms with van der Waals surface area (Å²) < 4.78 is 5.29. The Hall–Kier alpha value is -7.92. The molecule has 0 saturated carbocycles. The van der Waals surface area contributed by atoms with E-state index in [9.17, 15) is 5.11 Å². The van der Waals surface area contributed by atoms with E-state index in [0.717, 1.165) is 90.0 Å². The lowest BCUT2D eigenvalue weighted by Crippen LogP contribution is -2.10. The first-order valence-electron chi connectivity index (χ1n) is 20.7. The van der Waals surface area contributed by atoms with Gasteiger partial charge in [-0.2, -0.15) is 0 Å². The number of allylic oxidation sites excluding steroid dienone is 4. The minimum Gasteiger partial charge on any atom is -0.497 e. The molecule has 0 saturated heterocycles. The van der Waals surface area contributed by atoms with Gasteiger partial charge in [-0.3, -0.25) is 0 Å². The summed E-state index contributed by atoms with van der Waals surface area (Å²) in [6.45, 7) is 8.70. The smallest absolute Gasteiger partial charge is 0.118 e. The Bertz CT molecular complexity index is 2580. The van der Waals surface area contributed by atoms with Crippen LogP contribution >= 0.6 is 0 Å². The highest BCUT2D eigenvalue weighted by molar-refractivity contribution is 5.84. The van der Waals surface area contributed by atoms with Crippen LogP contribution in [-0.4, -0.2) is 12.2 Å². The number of benzene rings is 8. The molecule has 4 nitrogen and oxygen atoms in total. The zero-order valence-corrected chi connectivity index (χ0v) is 34.8. The molecular formula is C58H48N2O2. The second-order valence-electron chi connectivity index (χ2n) is 14.9. The van der Waals surface area contributed by atoms with Gasteiger partial charge in [-0.1, -0.05) is 159 Å². The first kappa shape index (κ1) is 40.8. The molecule has 0 unspecified atom stereocenters. The van der Waals surface area contributed by atoms with Gasteiger partial charge in [-0.05, 0) is 135 Å². The fourth-order valence-corrected chi connectivity index (χ4v) is 7.34. The minimum atomic E-state index is 0.0393. The van der Waals surface area contributed by atoms with Crippen molar-refractivity contribution < 1.29 is 9.84 Å². The maximum atomic E-state index is 9.36. The van der Waals surface area contributed by atoms with Gasteiger partial charge in [-0.25, -0.2) is 0 Å². The number of methoxy groups -OCH3 is 1. The topological polar surface area (TPSA) is 35.9 Å². The van der Waals surface area contributed by atoms with Crippen molar-refractivity contribution in [1.82, 2.24) is 0 Å². The fraction of sp³-hybridized carbons (Fsp3) is 0.0345. The van der Waals surface area contributed by atoms with Gasteiger partial charge in [0.05, 0.1) is 13.7 Å². The number of hydrogen-bond acceptors (Lipinski definition) is 4. The lowest BCUT2D eigenvalue weighted by molar-refractivity contribution is 0.282. The highest BCUT2D eigenvalue weighted by atomic mass is 16.5. The second-order valence-corrected chi connectivity index (χ2v) is 14.9. The number of anilines is 6. The summed E-state index contributed by atoms with van der Waals surface area (Å²) in [5.74, 6) is 0.838. The van der Waals surface area contributed by atoms with Crippen molar-refractivity contribution in [2.45, 2.75) is 6.61 Å². The van der Waals surface area contributed by atoms with Crippen molar-refractivity contribution >= 4 is 57.4 Å². The molecule has 0 spiro atoms. The Kier molecular flexibility index (Phi) is 12.8. The summed E-state index contributed by atoms with van der Waals surface area (Å²) in [4.78, 5) is 4.55. The molecule has 0 fully saturated rings. The van der Waals surface area contributed by atoms with Crippen molar-refractivity contribution in [3.8, 4) is 16.9 Å². The molecule has 0 aliphatic rings. The van der Waals surface area contributed by atoms with Gasteiger partial charge in [0.1, 0.15) is 5.75 Å². The molecule has 0 aliphatic heterocycles.